The molecule has 2 rings (SSSR count). The fraction of sp³-hybridized carbons (Fsp3) is 0.231. The predicted molar refractivity (Wildman–Crippen MR) is 71.7 cm³/mol. The van der Waals surface area contributed by atoms with E-state index in [1.54, 1.807) is 24.3 Å². The van der Waals surface area contributed by atoms with Gasteiger partial charge in [-0.3, -0.25) is 0 Å². The van der Waals surface area contributed by atoms with Crippen molar-refractivity contribution in [3.05, 3.63) is 40.7 Å². The molecular formula is C13H11ClF2N2O3. The van der Waals surface area contributed by atoms with Gasteiger partial charge in [0.1, 0.15) is 22.2 Å². The Morgan fingerprint density at radius 1 is 1.43 bits per heavy atom. The summed E-state index contributed by atoms with van der Waals surface area (Å²) in [6.07, 6.45) is -3.03. The largest absolute Gasteiger partial charge is 0.494 e. The molecule has 0 amide bonds. The smallest absolute Gasteiger partial charge is 0.341 e. The van der Waals surface area contributed by atoms with E-state index < -0.39 is 23.7 Å². The zero-order chi connectivity index (χ0) is 15.6. The number of aromatic nitrogens is 2. The number of halogens is 3. The van der Waals surface area contributed by atoms with Crippen LogP contribution in [0.3, 0.4) is 0 Å². The molecule has 0 aliphatic carbocycles. The maximum Gasteiger partial charge on any atom is 0.341 e. The van der Waals surface area contributed by atoms with E-state index >= 15 is 0 Å². The number of carboxylic acids is 1. The second-order valence-corrected chi connectivity index (χ2v) is 4.35. The number of aromatic carboxylic acids is 1. The van der Waals surface area contributed by atoms with Crippen LogP contribution in [0.25, 0.3) is 5.69 Å². The van der Waals surface area contributed by atoms with E-state index in [4.69, 9.17) is 21.4 Å². The van der Waals surface area contributed by atoms with E-state index in [1.807, 2.05) is 6.92 Å². The lowest BCUT2D eigenvalue weighted by atomic mass is 10.2. The summed E-state index contributed by atoms with van der Waals surface area (Å²) in [5.74, 6) is -0.954. The first-order valence-corrected chi connectivity index (χ1v) is 6.36. The van der Waals surface area contributed by atoms with E-state index in [1.165, 1.54) is 0 Å². The third-order valence-electron chi connectivity index (χ3n) is 2.67. The average Bonchev–Trinajstić information content (AvgIpc) is 2.78. The topological polar surface area (TPSA) is 64.4 Å². The molecule has 0 spiro atoms. The van der Waals surface area contributed by atoms with Gasteiger partial charge in [-0.15, -0.1) is 0 Å². The summed E-state index contributed by atoms with van der Waals surface area (Å²) < 4.78 is 31.9. The zero-order valence-corrected chi connectivity index (χ0v) is 11.6. The molecule has 0 aliphatic heterocycles. The van der Waals surface area contributed by atoms with Crippen molar-refractivity contribution in [2.45, 2.75) is 13.3 Å². The summed E-state index contributed by atoms with van der Waals surface area (Å²) in [5.41, 5.74) is -1.19. The Labute approximate surface area is 123 Å². The van der Waals surface area contributed by atoms with E-state index in [9.17, 15) is 13.6 Å². The highest BCUT2D eigenvalue weighted by atomic mass is 35.5. The van der Waals surface area contributed by atoms with Gasteiger partial charge < -0.3 is 9.84 Å². The summed E-state index contributed by atoms with van der Waals surface area (Å²) >= 11 is 5.86. The maximum atomic E-state index is 12.8. The monoisotopic (exact) mass is 316 g/mol. The van der Waals surface area contributed by atoms with Crippen LogP contribution in [0.15, 0.2) is 24.3 Å². The minimum Gasteiger partial charge on any atom is -0.494 e. The number of hydrogen-bond acceptors (Lipinski definition) is 3. The van der Waals surface area contributed by atoms with Crippen LogP contribution in [0, 0.1) is 0 Å². The summed E-state index contributed by atoms with van der Waals surface area (Å²) in [6, 6.07) is 6.31. The molecule has 112 valence electrons. The molecule has 0 atom stereocenters. The van der Waals surface area contributed by atoms with Crippen LogP contribution < -0.4 is 4.74 Å². The Hall–Kier alpha value is -2.15. The fourth-order valence-corrected chi connectivity index (χ4v) is 2.10. The van der Waals surface area contributed by atoms with E-state index in [0.717, 1.165) is 4.68 Å². The van der Waals surface area contributed by atoms with Gasteiger partial charge in [-0.25, -0.2) is 18.3 Å². The van der Waals surface area contributed by atoms with Crippen LogP contribution in [0.4, 0.5) is 8.78 Å². The number of hydrogen-bond donors (Lipinski definition) is 1. The van der Waals surface area contributed by atoms with Crippen molar-refractivity contribution >= 4 is 17.6 Å². The molecule has 0 bridgehead atoms. The van der Waals surface area contributed by atoms with Crippen LogP contribution in [0.5, 0.6) is 5.75 Å². The Balaban J connectivity index is 2.49. The van der Waals surface area contributed by atoms with E-state index in [2.05, 4.69) is 5.10 Å². The highest BCUT2D eigenvalue weighted by molar-refractivity contribution is 6.33. The molecular weight excluding hydrogens is 306 g/mol. The van der Waals surface area contributed by atoms with Gasteiger partial charge in [-0.2, -0.15) is 5.10 Å². The van der Waals surface area contributed by atoms with Crippen molar-refractivity contribution in [2.24, 2.45) is 0 Å². The molecule has 1 aromatic heterocycles. The molecule has 0 saturated heterocycles. The van der Waals surface area contributed by atoms with Crippen molar-refractivity contribution in [3.63, 3.8) is 0 Å². The Morgan fingerprint density at radius 2 is 2.05 bits per heavy atom. The van der Waals surface area contributed by atoms with Crippen LogP contribution in [-0.4, -0.2) is 27.5 Å². The van der Waals surface area contributed by atoms with Crippen LogP contribution >= 0.6 is 11.6 Å². The van der Waals surface area contributed by atoms with Crippen molar-refractivity contribution in [3.8, 4) is 11.4 Å². The second-order valence-electron chi connectivity index (χ2n) is 4.00. The standard InChI is InChI=1S/C13H11ClF2N2O3/c1-2-21-8-5-3-7(4-6-8)18-11(14)9(13(19)20)10(17-18)12(15)16/h3-6,12H,2H2,1H3,(H,19,20). The molecule has 1 N–H and O–H groups in total. The molecule has 2 aromatic rings. The third kappa shape index (κ3) is 2.97. The van der Waals surface area contributed by atoms with Gasteiger partial charge in [-0.1, -0.05) is 11.6 Å². The van der Waals surface area contributed by atoms with E-state index in [0.29, 0.717) is 18.0 Å². The zero-order valence-electron chi connectivity index (χ0n) is 10.9. The molecule has 8 heteroatoms. The Kier molecular flexibility index (Phi) is 4.42. The number of ether oxygens (including phenoxy) is 1. The highest BCUT2D eigenvalue weighted by Crippen LogP contribution is 2.30. The van der Waals surface area contributed by atoms with Crippen molar-refractivity contribution in [2.75, 3.05) is 6.61 Å². The lowest BCUT2D eigenvalue weighted by Gasteiger charge is -2.06. The lowest BCUT2D eigenvalue weighted by molar-refractivity contribution is 0.0684. The number of nitrogens with zero attached hydrogens (tertiary/aromatic N) is 2. The summed E-state index contributed by atoms with van der Waals surface area (Å²) in [5, 5.41) is 12.2. The fourth-order valence-electron chi connectivity index (χ4n) is 1.79. The predicted octanol–water partition coefficient (Wildman–Crippen LogP) is 3.56. The normalized spacial score (nSPS) is 10.9. The molecule has 0 fully saturated rings. The summed E-state index contributed by atoms with van der Waals surface area (Å²) in [7, 11) is 0. The Bertz CT molecular complexity index is 656. The average molecular weight is 317 g/mol. The minimum absolute atomic E-state index is 0.359. The molecule has 0 unspecified atom stereocenters. The Morgan fingerprint density at radius 3 is 2.48 bits per heavy atom. The number of benzene rings is 1. The summed E-state index contributed by atoms with van der Waals surface area (Å²) in [4.78, 5) is 11.0. The van der Waals surface area contributed by atoms with Gasteiger partial charge in [0.15, 0.2) is 0 Å². The van der Waals surface area contributed by atoms with Gasteiger partial charge in [-0.05, 0) is 31.2 Å². The van der Waals surface area contributed by atoms with Crippen LogP contribution in [-0.2, 0) is 0 Å². The quantitative estimate of drug-likeness (QED) is 0.916. The second kappa shape index (κ2) is 6.09. The third-order valence-corrected chi connectivity index (χ3v) is 3.02. The SMILES string of the molecule is CCOc1ccc(-n2nc(C(F)F)c(C(=O)O)c2Cl)cc1. The lowest BCUT2D eigenvalue weighted by Crippen LogP contribution is -2.01. The van der Waals surface area contributed by atoms with Crippen LogP contribution in [0.1, 0.15) is 29.4 Å². The maximum absolute atomic E-state index is 12.8. The van der Waals surface area contributed by atoms with Gasteiger partial charge >= 0.3 is 5.97 Å². The van der Waals surface area contributed by atoms with Gasteiger partial charge in [0, 0.05) is 0 Å². The first-order chi connectivity index (χ1) is 9.95. The van der Waals surface area contributed by atoms with Crippen molar-refractivity contribution < 1.29 is 23.4 Å². The molecule has 0 aliphatic rings. The highest BCUT2D eigenvalue weighted by Gasteiger charge is 2.28. The molecule has 0 radical (unpaired) electrons. The van der Waals surface area contributed by atoms with Gasteiger partial charge in [0.2, 0.25) is 0 Å². The molecule has 21 heavy (non-hydrogen) atoms. The molecule has 5 nitrogen and oxygen atoms in total. The van der Waals surface area contributed by atoms with Gasteiger partial charge in [0.05, 0.1) is 12.3 Å². The number of rotatable bonds is 5. The van der Waals surface area contributed by atoms with E-state index in [-0.39, 0.29) is 5.15 Å². The number of alkyl halides is 2. The van der Waals surface area contributed by atoms with Crippen molar-refractivity contribution in [1.29, 1.82) is 0 Å². The molecule has 1 aromatic carbocycles. The molecule has 0 saturated carbocycles. The minimum atomic E-state index is -3.03. The first-order valence-electron chi connectivity index (χ1n) is 5.98. The van der Waals surface area contributed by atoms with Crippen LogP contribution in [0.2, 0.25) is 5.15 Å². The van der Waals surface area contributed by atoms with Crippen molar-refractivity contribution in [1.82, 2.24) is 9.78 Å². The number of carbonyl (C=O) groups is 1. The summed E-state index contributed by atoms with van der Waals surface area (Å²) in [6.45, 7) is 2.31. The first kappa shape index (κ1) is 15.2. The molecule has 1 heterocycles. The van der Waals surface area contributed by atoms with Gasteiger partial charge in [0.25, 0.3) is 6.43 Å². The number of carboxylic acid groups (broad SMARTS) is 1.